The summed E-state index contributed by atoms with van der Waals surface area (Å²) in [5.74, 6) is 0.456. The summed E-state index contributed by atoms with van der Waals surface area (Å²) in [5.41, 5.74) is 1.81. The van der Waals surface area contributed by atoms with Crippen LogP contribution in [0.2, 0.25) is 15.1 Å². The van der Waals surface area contributed by atoms with Crippen LogP contribution in [0.3, 0.4) is 0 Å². The minimum Gasteiger partial charge on any atom is -0.495 e. The monoisotopic (exact) mass is 424 g/mol. The number of halogens is 3. The minimum atomic E-state index is -0.372. The van der Waals surface area contributed by atoms with Crippen molar-refractivity contribution in [3.05, 3.63) is 57.2 Å². The highest BCUT2D eigenvalue weighted by Crippen LogP contribution is 2.37. The van der Waals surface area contributed by atoms with Crippen molar-refractivity contribution < 1.29 is 14.3 Å². The molecule has 0 spiro atoms. The third kappa shape index (κ3) is 4.38. The summed E-state index contributed by atoms with van der Waals surface area (Å²) in [4.78, 5) is 16.7. The van der Waals surface area contributed by atoms with Crippen molar-refractivity contribution in [3.63, 3.8) is 0 Å². The molecule has 0 saturated carbocycles. The van der Waals surface area contributed by atoms with E-state index in [9.17, 15) is 4.79 Å². The van der Waals surface area contributed by atoms with Crippen LogP contribution in [-0.4, -0.2) is 24.6 Å². The van der Waals surface area contributed by atoms with Gasteiger partial charge >= 0.3 is 0 Å². The minimum absolute atomic E-state index is 0.254. The summed E-state index contributed by atoms with van der Waals surface area (Å²) in [7, 11) is 1.52. The van der Waals surface area contributed by atoms with Crippen molar-refractivity contribution in [3.8, 4) is 11.5 Å². The molecule has 2 aromatic carbocycles. The maximum atomic E-state index is 12.2. The molecule has 0 atom stereocenters. The second-order valence-corrected chi connectivity index (χ2v) is 6.93. The molecule has 0 aliphatic rings. The smallest absolute Gasteiger partial charge is 0.262 e. The molecule has 0 aliphatic carbocycles. The zero-order chi connectivity index (χ0) is 19.6. The number of hydrogen-bond acceptors (Lipinski definition) is 4. The van der Waals surface area contributed by atoms with E-state index in [4.69, 9.17) is 44.3 Å². The molecule has 0 aliphatic heterocycles. The summed E-state index contributed by atoms with van der Waals surface area (Å²) in [6.07, 6.45) is 0. The van der Waals surface area contributed by atoms with Crippen molar-refractivity contribution in [2.24, 2.45) is 0 Å². The zero-order valence-corrected chi connectivity index (χ0v) is 16.7. The van der Waals surface area contributed by atoms with Crippen LogP contribution in [0.1, 0.15) is 5.69 Å². The first-order valence-electron chi connectivity index (χ1n) is 7.90. The van der Waals surface area contributed by atoms with Gasteiger partial charge in [-0.1, -0.05) is 34.8 Å². The Morgan fingerprint density at radius 1 is 1.07 bits per heavy atom. The number of pyridine rings is 1. The molecule has 3 aromatic rings. The normalized spacial score (nSPS) is 10.7. The Hall–Kier alpha value is -2.21. The van der Waals surface area contributed by atoms with E-state index >= 15 is 0 Å². The SMILES string of the molecule is COc1ccc(NC(=O)COc2c(Cl)cc(Cl)c3ccc(C)nc23)cc1Cl. The predicted molar refractivity (Wildman–Crippen MR) is 109 cm³/mol. The Morgan fingerprint density at radius 2 is 1.85 bits per heavy atom. The quantitative estimate of drug-likeness (QED) is 0.584. The fourth-order valence-electron chi connectivity index (χ4n) is 2.51. The van der Waals surface area contributed by atoms with Gasteiger partial charge in [-0.05, 0) is 43.3 Å². The number of fused-ring (bicyclic) bond motifs is 1. The van der Waals surface area contributed by atoms with Crippen molar-refractivity contribution in [1.29, 1.82) is 0 Å². The van der Waals surface area contributed by atoms with Gasteiger partial charge in [0.2, 0.25) is 0 Å². The molecular weight excluding hydrogens is 411 g/mol. The number of aryl methyl sites for hydroxylation is 1. The number of carbonyl (C=O) groups excluding carboxylic acids is 1. The molecule has 1 N–H and O–H groups in total. The second-order valence-electron chi connectivity index (χ2n) is 5.70. The molecule has 1 amide bonds. The Bertz CT molecular complexity index is 1020. The number of nitrogens with zero attached hydrogens (tertiary/aromatic N) is 1. The summed E-state index contributed by atoms with van der Waals surface area (Å²) < 4.78 is 10.7. The standard InChI is InChI=1S/C19H15Cl3N2O3/c1-10-3-5-12-13(20)8-15(22)19(18(12)23-10)27-9-17(25)24-11-4-6-16(26-2)14(21)7-11/h3-8H,9H2,1-2H3,(H,24,25). The van der Waals surface area contributed by atoms with Gasteiger partial charge in [-0.3, -0.25) is 4.79 Å². The van der Waals surface area contributed by atoms with E-state index in [0.29, 0.717) is 38.1 Å². The highest BCUT2D eigenvalue weighted by molar-refractivity contribution is 6.39. The number of rotatable bonds is 5. The summed E-state index contributed by atoms with van der Waals surface area (Å²) in [6, 6.07) is 10.2. The first kappa shape index (κ1) is 19.5. The fraction of sp³-hybridized carbons (Fsp3) is 0.158. The maximum absolute atomic E-state index is 12.2. The predicted octanol–water partition coefficient (Wildman–Crippen LogP) is 5.53. The number of methoxy groups -OCH3 is 1. The molecule has 0 radical (unpaired) electrons. The molecule has 3 rings (SSSR count). The highest BCUT2D eigenvalue weighted by atomic mass is 35.5. The van der Waals surface area contributed by atoms with Crippen LogP contribution in [0.15, 0.2) is 36.4 Å². The number of amides is 1. The molecular formula is C19H15Cl3N2O3. The Kier molecular flexibility index (Phi) is 5.95. The number of nitrogens with one attached hydrogen (secondary N) is 1. The van der Waals surface area contributed by atoms with Crippen LogP contribution in [0.25, 0.3) is 10.9 Å². The van der Waals surface area contributed by atoms with Gasteiger partial charge in [0, 0.05) is 16.8 Å². The molecule has 0 fully saturated rings. The average Bonchev–Trinajstić information content (AvgIpc) is 2.61. The average molecular weight is 426 g/mol. The van der Waals surface area contributed by atoms with Gasteiger partial charge in [0.1, 0.15) is 11.3 Å². The topological polar surface area (TPSA) is 60.5 Å². The second kappa shape index (κ2) is 8.21. The summed E-state index contributed by atoms with van der Waals surface area (Å²) in [6.45, 7) is 1.59. The molecule has 0 bridgehead atoms. The van der Waals surface area contributed by atoms with Gasteiger partial charge in [0.15, 0.2) is 12.4 Å². The number of aromatic nitrogens is 1. The molecule has 5 nitrogen and oxygen atoms in total. The molecule has 27 heavy (non-hydrogen) atoms. The van der Waals surface area contributed by atoms with Gasteiger partial charge in [-0.2, -0.15) is 0 Å². The lowest BCUT2D eigenvalue weighted by Crippen LogP contribution is -2.20. The van der Waals surface area contributed by atoms with Crippen LogP contribution in [-0.2, 0) is 4.79 Å². The first-order chi connectivity index (χ1) is 12.9. The van der Waals surface area contributed by atoms with Crippen molar-refractivity contribution in [2.45, 2.75) is 6.92 Å². The van der Waals surface area contributed by atoms with Gasteiger partial charge in [-0.25, -0.2) is 4.98 Å². The molecule has 8 heteroatoms. The van der Waals surface area contributed by atoms with Gasteiger partial charge in [-0.15, -0.1) is 0 Å². The number of benzene rings is 2. The van der Waals surface area contributed by atoms with E-state index in [0.717, 1.165) is 5.69 Å². The summed E-state index contributed by atoms with van der Waals surface area (Å²) in [5, 5.41) is 4.54. The van der Waals surface area contributed by atoms with Crippen LogP contribution in [0.4, 0.5) is 5.69 Å². The number of hydrogen-bond donors (Lipinski definition) is 1. The summed E-state index contributed by atoms with van der Waals surface area (Å²) >= 11 is 18.5. The highest BCUT2D eigenvalue weighted by Gasteiger charge is 2.15. The van der Waals surface area contributed by atoms with Crippen molar-refractivity contribution in [2.75, 3.05) is 19.0 Å². The first-order valence-corrected chi connectivity index (χ1v) is 9.04. The lowest BCUT2D eigenvalue weighted by Gasteiger charge is -2.13. The molecule has 0 unspecified atom stereocenters. The van der Waals surface area contributed by atoms with Crippen molar-refractivity contribution >= 4 is 57.3 Å². The third-order valence-electron chi connectivity index (χ3n) is 3.76. The van der Waals surface area contributed by atoms with E-state index in [1.807, 2.05) is 19.1 Å². The van der Waals surface area contributed by atoms with Crippen LogP contribution < -0.4 is 14.8 Å². The van der Waals surface area contributed by atoms with E-state index < -0.39 is 0 Å². The number of anilines is 1. The van der Waals surface area contributed by atoms with Crippen LogP contribution in [0.5, 0.6) is 11.5 Å². The molecule has 1 aromatic heterocycles. The molecule has 0 saturated heterocycles. The molecule has 1 heterocycles. The number of ether oxygens (including phenoxy) is 2. The van der Waals surface area contributed by atoms with E-state index in [2.05, 4.69) is 10.3 Å². The van der Waals surface area contributed by atoms with Gasteiger partial charge < -0.3 is 14.8 Å². The largest absolute Gasteiger partial charge is 0.495 e. The van der Waals surface area contributed by atoms with Crippen molar-refractivity contribution in [1.82, 2.24) is 4.98 Å². The Morgan fingerprint density at radius 3 is 2.56 bits per heavy atom. The lowest BCUT2D eigenvalue weighted by molar-refractivity contribution is -0.118. The third-order valence-corrected chi connectivity index (χ3v) is 4.65. The van der Waals surface area contributed by atoms with Gasteiger partial charge in [0.25, 0.3) is 5.91 Å². The van der Waals surface area contributed by atoms with E-state index in [-0.39, 0.29) is 17.5 Å². The van der Waals surface area contributed by atoms with Crippen LogP contribution >= 0.6 is 34.8 Å². The Balaban J connectivity index is 1.77. The lowest BCUT2D eigenvalue weighted by atomic mass is 10.2. The Labute approximate surface area is 171 Å². The van der Waals surface area contributed by atoms with Gasteiger partial charge in [0.05, 0.1) is 22.2 Å². The van der Waals surface area contributed by atoms with Crippen LogP contribution in [0, 0.1) is 6.92 Å². The van der Waals surface area contributed by atoms with E-state index in [1.165, 1.54) is 7.11 Å². The van der Waals surface area contributed by atoms with E-state index in [1.54, 1.807) is 24.3 Å². The molecule has 140 valence electrons. The maximum Gasteiger partial charge on any atom is 0.262 e. The fourth-order valence-corrected chi connectivity index (χ4v) is 3.33. The number of carbonyl (C=O) groups is 1. The zero-order valence-electron chi connectivity index (χ0n) is 14.5.